The number of rotatable bonds is 1. The zero-order valence-corrected chi connectivity index (χ0v) is 12.3. The van der Waals surface area contributed by atoms with E-state index in [1.165, 1.54) is 0 Å². The molecule has 0 saturated carbocycles. The fraction of sp³-hybridized carbons (Fsp3) is 0.143. The van der Waals surface area contributed by atoms with Crippen LogP contribution < -0.4 is 0 Å². The molecule has 0 unspecified atom stereocenters. The number of benzene rings is 2. The van der Waals surface area contributed by atoms with Gasteiger partial charge in [0, 0.05) is 5.56 Å². The number of alkyl halides is 6. The van der Waals surface area contributed by atoms with Crippen molar-refractivity contribution in [3.8, 4) is 11.1 Å². The second kappa shape index (κ2) is 6.51. The molecule has 0 bridgehead atoms. The van der Waals surface area contributed by atoms with Gasteiger partial charge in [0.15, 0.2) is 40.7 Å². The Bertz CT molecular complexity index is 937. The first-order valence-electron chi connectivity index (χ1n) is 6.40. The van der Waals surface area contributed by atoms with E-state index in [-0.39, 0.29) is 0 Å². The molecule has 0 amide bonds. The summed E-state index contributed by atoms with van der Waals surface area (Å²) in [6.45, 7) is 0. The third-order valence-corrected chi connectivity index (χ3v) is 3.35. The maximum atomic E-state index is 14.0. The normalized spacial score (nSPS) is 12.6. The highest BCUT2D eigenvalue weighted by atomic mass is 19.4. The summed E-state index contributed by atoms with van der Waals surface area (Å²) in [7, 11) is 0. The van der Waals surface area contributed by atoms with Gasteiger partial charge in [-0.15, -0.1) is 0 Å². The summed E-state index contributed by atoms with van der Waals surface area (Å²) >= 11 is 0. The highest BCUT2D eigenvalue weighted by molar-refractivity contribution is 5.72. The largest absolute Gasteiger partial charge is 0.422 e. The van der Waals surface area contributed by atoms with E-state index in [4.69, 9.17) is 0 Å². The van der Waals surface area contributed by atoms with Gasteiger partial charge in [-0.05, 0) is 0 Å². The van der Waals surface area contributed by atoms with Crippen molar-refractivity contribution in [3.05, 3.63) is 57.7 Å². The molecule has 0 N–H and O–H groups in total. The Morgan fingerprint density at radius 3 is 1.00 bits per heavy atom. The van der Waals surface area contributed by atoms with Crippen LogP contribution in [0, 0.1) is 46.5 Å². The lowest BCUT2D eigenvalue weighted by molar-refractivity contribution is -0.149. The lowest BCUT2D eigenvalue weighted by Crippen LogP contribution is -2.22. The van der Waals surface area contributed by atoms with Crippen LogP contribution in [0.2, 0.25) is 0 Å². The van der Waals surface area contributed by atoms with Gasteiger partial charge in [0.05, 0.1) is 5.56 Å². The van der Waals surface area contributed by atoms with Gasteiger partial charge < -0.3 is 0 Å². The Morgan fingerprint density at radius 1 is 0.321 bits per heavy atom. The molecular weight excluding hydrogens is 434 g/mol. The molecule has 2 aromatic carbocycles. The quantitative estimate of drug-likeness (QED) is 0.273. The van der Waals surface area contributed by atoms with E-state index in [1.54, 1.807) is 0 Å². The Labute approximate surface area is 144 Å². The zero-order valence-electron chi connectivity index (χ0n) is 12.3. The molecule has 0 aromatic heterocycles. The van der Waals surface area contributed by atoms with E-state index in [0.29, 0.717) is 0 Å². The monoisotopic (exact) mass is 434 g/mol. The first-order chi connectivity index (χ1) is 12.5. The number of hydrogen-bond donors (Lipinski definition) is 0. The molecule has 0 aliphatic carbocycles. The minimum Gasteiger partial charge on any atom is -0.206 e. The average Bonchev–Trinajstić information content (AvgIpc) is 2.53. The second-order valence-corrected chi connectivity index (χ2v) is 5.01. The minimum atomic E-state index is -6.37. The van der Waals surface area contributed by atoms with E-state index in [2.05, 4.69) is 0 Å². The Kier molecular flexibility index (Phi) is 5.06. The molecule has 0 saturated heterocycles. The zero-order chi connectivity index (χ0) is 21.9. The third-order valence-electron chi connectivity index (χ3n) is 3.35. The molecule has 0 heterocycles. The van der Waals surface area contributed by atoms with Gasteiger partial charge in [0.1, 0.15) is 11.1 Å². The van der Waals surface area contributed by atoms with Crippen molar-refractivity contribution in [1.82, 2.24) is 0 Å². The topological polar surface area (TPSA) is 0 Å². The second-order valence-electron chi connectivity index (χ2n) is 5.01. The third kappa shape index (κ3) is 3.13. The number of halogens is 14. The first kappa shape index (κ1) is 21.8. The van der Waals surface area contributed by atoms with Crippen molar-refractivity contribution < 1.29 is 61.5 Å². The van der Waals surface area contributed by atoms with Crippen molar-refractivity contribution in [2.75, 3.05) is 0 Å². The average molecular weight is 434 g/mol. The molecule has 2 rings (SSSR count). The van der Waals surface area contributed by atoms with Crippen LogP contribution in [0.4, 0.5) is 61.5 Å². The maximum absolute atomic E-state index is 14.0. The number of hydrogen-bond acceptors (Lipinski definition) is 0. The van der Waals surface area contributed by atoms with Crippen LogP contribution in [0.15, 0.2) is 0 Å². The smallest absolute Gasteiger partial charge is 0.206 e. The summed E-state index contributed by atoms with van der Waals surface area (Å²) < 4.78 is 185. The van der Waals surface area contributed by atoms with E-state index in [0.717, 1.165) is 0 Å². The molecule has 0 aliphatic rings. The molecule has 0 atom stereocenters. The van der Waals surface area contributed by atoms with E-state index < -0.39 is 81.1 Å². The van der Waals surface area contributed by atoms with Crippen LogP contribution in [0.3, 0.4) is 0 Å². The van der Waals surface area contributed by atoms with Gasteiger partial charge >= 0.3 is 12.4 Å². The maximum Gasteiger partial charge on any atom is 0.422 e. The molecule has 0 radical (unpaired) electrons. The fourth-order valence-electron chi connectivity index (χ4n) is 2.23. The first-order valence-corrected chi connectivity index (χ1v) is 6.40. The summed E-state index contributed by atoms with van der Waals surface area (Å²) in [5, 5.41) is 0. The molecular formula is C14F14. The van der Waals surface area contributed by atoms with Crippen LogP contribution in [0.5, 0.6) is 0 Å². The van der Waals surface area contributed by atoms with E-state index >= 15 is 0 Å². The van der Waals surface area contributed by atoms with Crippen LogP contribution >= 0.6 is 0 Å². The van der Waals surface area contributed by atoms with Crippen LogP contribution in [-0.2, 0) is 12.4 Å². The predicted octanol–water partition coefficient (Wildman–Crippen LogP) is 6.50. The SMILES string of the molecule is Fc1c(F)c(F)c(-c2c(F)c(F)c(C(F)(F)F)c(F)c2C(F)(F)F)c(F)c1F. The molecule has 0 fully saturated rings. The van der Waals surface area contributed by atoms with Crippen molar-refractivity contribution >= 4 is 0 Å². The molecule has 154 valence electrons. The molecule has 14 heteroatoms. The van der Waals surface area contributed by atoms with Crippen LogP contribution in [0.25, 0.3) is 11.1 Å². The van der Waals surface area contributed by atoms with Gasteiger partial charge in [-0.1, -0.05) is 0 Å². The lowest BCUT2D eigenvalue weighted by atomic mass is 9.93. The lowest BCUT2D eigenvalue weighted by Gasteiger charge is -2.20. The Balaban J connectivity index is 3.20. The van der Waals surface area contributed by atoms with Crippen molar-refractivity contribution in [3.63, 3.8) is 0 Å². The molecule has 0 aliphatic heterocycles. The van der Waals surface area contributed by atoms with Gasteiger partial charge in [-0.2, -0.15) is 26.3 Å². The highest BCUT2D eigenvalue weighted by Gasteiger charge is 2.49. The fourth-order valence-corrected chi connectivity index (χ4v) is 2.23. The summed E-state index contributed by atoms with van der Waals surface area (Å²) in [5.74, 6) is -25.3. The van der Waals surface area contributed by atoms with Gasteiger partial charge in [-0.3, -0.25) is 0 Å². The van der Waals surface area contributed by atoms with E-state index in [9.17, 15) is 61.5 Å². The van der Waals surface area contributed by atoms with Crippen LogP contribution in [0.1, 0.15) is 11.1 Å². The molecule has 28 heavy (non-hydrogen) atoms. The predicted molar refractivity (Wildman–Crippen MR) is 61.5 cm³/mol. The van der Waals surface area contributed by atoms with Crippen molar-refractivity contribution in [2.45, 2.75) is 12.4 Å². The van der Waals surface area contributed by atoms with Crippen LogP contribution in [-0.4, -0.2) is 0 Å². The van der Waals surface area contributed by atoms with Crippen molar-refractivity contribution in [2.24, 2.45) is 0 Å². The van der Waals surface area contributed by atoms with Crippen molar-refractivity contribution in [1.29, 1.82) is 0 Å². The highest BCUT2D eigenvalue weighted by Crippen LogP contribution is 2.47. The van der Waals surface area contributed by atoms with Gasteiger partial charge in [0.2, 0.25) is 5.82 Å². The Morgan fingerprint density at radius 2 is 0.643 bits per heavy atom. The van der Waals surface area contributed by atoms with E-state index in [1.807, 2.05) is 0 Å². The molecule has 0 spiro atoms. The van der Waals surface area contributed by atoms with Gasteiger partial charge in [-0.25, -0.2) is 35.1 Å². The molecule has 2 aromatic rings. The summed E-state index contributed by atoms with van der Waals surface area (Å²) in [6, 6.07) is 0. The minimum absolute atomic E-state index is 2.80. The standard InChI is InChI=1S/C14F14/c15-5-1(2-6(16)10(20)12(22)11(21)7(2)17)3(13(23,24)25)8(18)4(9(5)19)14(26,27)28. The Hall–Kier alpha value is -2.54. The van der Waals surface area contributed by atoms with Gasteiger partial charge in [0.25, 0.3) is 0 Å². The summed E-state index contributed by atoms with van der Waals surface area (Å²) in [4.78, 5) is 0. The summed E-state index contributed by atoms with van der Waals surface area (Å²) in [6.07, 6.45) is -12.6. The summed E-state index contributed by atoms with van der Waals surface area (Å²) in [5.41, 5.74) is -12.6. The molecule has 0 nitrogen and oxygen atoms in total.